The van der Waals surface area contributed by atoms with Crippen molar-refractivity contribution in [1.29, 1.82) is 0 Å². The van der Waals surface area contributed by atoms with Crippen molar-refractivity contribution in [3.05, 3.63) is 34.9 Å². The van der Waals surface area contributed by atoms with Gasteiger partial charge in [-0.15, -0.1) is 0 Å². The Bertz CT molecular complexity index is 1050. The average Bonchev–Trinajstić information content (AvgIpc) is 3.51. The van der Waals surface area contributed by atoms with Gasteiger partial charge in [0.2, 0.25) is 17.7 Å². The lowest BCUT2D eigenvalue weighted by Gasteiger charge is -2.47. The van der Waals surface area contributed by atoms with Crippen molar-refractivity contribution in [2.75, 3.05) is 39.8 Å². The molecule has 0 aromatic heterocycles. The van der Waals surface area contributed by atoms with Gasteiger partial charge in [-0.3, -0.25) is 19.3 Å². The van der Waals surface area contributed by atoms with Crippen molar-refractivity contribution in [3.63, 3.8) is 0 Å². The number of carbonyl (C=O) groups excluding carboxylic acids is 3. The Morgan fingerprint density at radius 3 is 2.29 bits per heavy atom. The molecule has 4 aliphatic rings. The van der Waals surface area contributed by atoms with Crippen molar-refractivity contribution >= 4 is 29.3 Å². The molecule has 4 fully saturated rings. The van der Waals surface area contributed by atoms with Crippen molar-refractivity contribution < 1.29 is 14.4 Å². The predicted molar refractivity (Wildman–Crippen MR) is 162 cm³/mol. The predicted octanol–water partition coefficient (Wildman–Crippen LogP) is 3.52. The normalized spacial score (nSPS) is 25.0. The molecule has 0 radical (unpaired) electrons. The maximum Gasteiger partial charge on any atom is 0.245 e. The number of hydrogen-bond acceptors (Lipinski definition) is 5. The van der Waals surface area contributed by atoms with Gasteiger partial charge in [-0.2, -0.15) is 0 Å². The van der Waals surface area contributed by atoms with Gasteiger partial charge in [-0.25, -0.2) is 0 Å². The molecule has 3 N–H and O–H groups in total. The first-order chi connectivity index (χ1) is 19.9. The third-order valence-electron chi connectivity index (χ3n) is 10.3. The SMILES string of the molecule is CN1CCNC[C@H]1C(=O)N[C@H](Cc1ccc(Cl)cc1)C(=O)N1CCC(C(=O)NC2CCCC2)(C2CCCCC2)CC1. The summed E-state index contributed by atoms with van der Waals surface area (Å²) in [5.74, 6) is 0.417. The molecule has 0 bridgehead atoms. The van der Waals surface area contributed by atoms with E-state index in [1.807, 2.05) is 41.1 Å². The van der Waals surface area contributed by atoms with E-state index >= 15 is 0 Å². The van der Waals surface area contributed by atoms with Gasteiger partial charge in [0.25, 0.3) is 0 Å². The van der Waals surface area contributed by atoms with Crippen molar-refractivity contribution in [1.82, 2.24) is 25.8 Å². The van der Waals surface area contributed by atoms with Gasteiger partial charge in [0.1, 0.15) is 12.1 Å². The zero-order valence-corrected chi connectivity index (χ0v) is 25.4. The first-order valence-electron chi connectivity index (χ1n) is 15.9. The van der Waals surface area contributed by atoms with Gasteiger partial charge < -0.3 is 20.9 Å². The van der Waals surface area contributed by atoms with E-state index in [0.29, 0.717) is 55.9 Å². The molecule has 8 nitrogen and oxygen atoms in total. The molecule has 3 amide bonds. The lowest BCUT2D eigenvalue weighted by molar-refractivity contribution is -0.147. The van der Waals surface area contributed by atoms with Gasteiger partial charge in [-0.05, 0) is 69.2 Å². The zero-order chi connectivity index (χ0) is 28.8. The molecule has 0 unspecified atom stereocenters. The van der Waals surface area contributed by atoms with Crippen molar-refractivity contribution in [2.45, 2.75) is 95.2 Å². The fraction of sp³-hybridized carbons (Fsp3) is 0.719. The van der Waals surface area contributed by atoms with Crippen LogP contribution in [0.4, 0.5) is 0 Å². The maximum absolute atomic E-state index is 14.1. The van der Waals surface area contributed by atoms with Crippen molar-refractivity contribution in [2.24, 2.45) is 11.3 Å². The highest BCUT2D eigenvalue weighted by Gasteiger charge is 2.49. The third-order valence-corrected chi connectivity index (χ3v) is 10.5. The highest BCUT2D eigenvalue weighted by Crippen LogP contribution is 2.46. The number of likely N-dealkylation sites (N-methyl/N-ethyl adjacent to an activating group) is 1. The second-order valence-electron chi connectivity index (χ2n) is 12.9. The van der Waals surface area contributed by atoms with Crippen LogP contribution in [0.3, 0.4) is 0 Å². The highest BCUT2D eigenvalue weighted by molar-refractivity contribution is 6.30. The molecule has 2 heterocycles. The van der Waals surface area contributed by atoms with E-state index in [9.17, 15) is 14.4 Å². The fourth-order valence-corrected chi connectivity index (χ4v) is 7.77. The van der Waals surface area contributed by atoms with Crippen LogP contribution in [0.2, 0.25) is 5.02 Å². The van der Waals surface area contributed by atoms with Gasteiger partial charge in [0.15, 0.2) is 0 Å². The number of benzene rings is 1. The van der Waals surface area contributed by atoms with Crippen LogP contribution in [0.25, 0.3) is 0 Å². The molecule has 2 atom stereocenters. The summed E-state index contributed by atoms with van der Waals surface area (Å²) in [5.41, 5.74) is 0.554. The highest BCUT2D eigenvalue weighted by atomic mass is 35.5. The summed E-state index contributed by atoms with van der Waals surface area (Å²) in [6, 6.07) is 6.79. The number of nitrogens with zero attached hydrogens (tertiary/aromatic N) is 2. The van der Waals surface area contributed by atoms with Crippen LogP contribution >= 0.6 is 11.6 Å². The summed E-state index contributed by atoms with van der Waals surface area (Å²) >= 11 is 6.11. The molecule has 9 heteroatoms. The van der Waals surface area contributed by atoms with E-state index in [1.54, 1.807) is 0 Å². The third kappa shape index (κ3) is 7.26. The Morgan fingerprint density at radius 2 is 1.63 bits per heavy atom. The molecule has 0 spiro atoms. The largest absolute Gasteiger partial charge is 0.353 e. The smallest absolute Gasteiger partial charge is 0.245 e. The van der Waals surface area contributed by atoms with Crippen LogP contribution in [0.1, 0.15) is 76.2 Å². The topological polar surface area (TPSA) is 93.8 Å². The molecule has 2 aliphatic carbocycles. The van der Waals surface area contributed by atoms with E-state index < -0.39 is 11.5 Å². The second-order valence-corrected chi connectivity index (χ2v) is 13.3. The Balaban J connectivity index is 1.30. The van der Waals surface area contributed by atoms with E-state index in [1.165, 1.54) is 32.1 Å². The maximum atomic E-state index is 14.1. The lowest BCUT2D eigenvalue weighted by Crippen LogP contribution is -2.61. The minimum atomic E-state index is -0.673. The summed E-state index contributed by atoms with van der Waals surface area (Å²) in [6.45, 7) is 3.29. The van der Waals surface area contributed by atoms with E-state index in [2.05, 4.69) is 16.0 Å². The average molecular weight is 586 g/mol. The first-order valence-corrected chi connectivity index (χ1v) is 16.3. The van der Waals surface area contributed by atoms with E-state index in [-0.39, 0.29) is 23.8 Å². The standard InChI is InChI=1S/C32H48ClN5O3/c1-37-20-17-34-22-28(37)29(39)36-27(21-23-11-13-25(33)14-12-23)30(40)38-18-15-32(16-19-38,24-7-3-2-4-8-24)31(41)35-26-9-5-6-10-26/h11-14,24,26-28,34H,2-10,15-22H2,1H3,(H,35,41)(H,36,39)/t27-,28+/m1/s1. The number of halogens is 1. The Morgan fingerprint density at radius 1 is 0.976 bits per heavy atom. The fourth-order valence-electron chi connectivity index (χ4n) is 7.64. The van der Waals surface area contributed by atoms with Gasteiger partial charge in [0, 0.05) is 50.2 Å². The van der Waals surface area contributed by atoms with Gasteiger partial charge >= 0.3 is 0 Å². The number of hydrogen-bond donors (Lipinski definition) is 3. The Labute approximate surface area is 250 Å². The van der Waals surface area contributed by atoms with E-state index in [4.69, 9.17) is 11.6 Å². The van der Waals surface area contributed by atoms with Gasteiger partial charge in [-0.1, -0.05) is 55.8 Å². The van der Waals surface area contributed by atoms with Crippen LogP contribution in [0, 0.1) is 11.3 Å². The Kier molecular flexibility index (Phi) is 10.3. The minimum absolute atomic E-state index is 0.0619. The molecule has 1 aromatic carbocycles. The molecule has 1 aromatic rings. The molecule has 41 heavy (non-hydrogen) atoms. The van der Waals surface area contributed by atoms with Crippen molar-refractivity contribution in [3.8, 4) is 0 Å². The summed E-state index contributed by atoms with van der Waals surface area (Å²) < 4.78 is 0. The van der Waals surface area contributed by atoms with Crippen LogP contribution in [-0.2, 0) is 20.8 Å². The molecular formula is C32H48ClN5O3. The summed E-state index contributed by atoms with van der Waals surface area (Å²) in [7, 11) is 1.95. The molecule has 2 saturated heterocycles. The molecular weight excluding hydrogens is 538 g/mol. The van der Waals surface area contributed by atoms with Crippen LogP contribution in [0.15, 0.2) is 24.3 Å². The number of piperazine rings is 1. The minimum Gasteiger partial charge on any atom is -0.353 e. The molecule has 226 valence electrons. The van der Waals surface area contributed by atoms with Crippen LogP contribution < -0.4 is 16.0 Å². The molecule has 5 rings (SSSR count). The lowest BCUT2D eigenvalue weighted by atomic mass is 9.63. The Hall–Kier alpha value is -2.16. The quantitative estimate of drug-likeness (QED) is 0.434. The zero-order valence-electron chi connectivity index (χ0n) is 24.6. The summed E-state index contributed by atoms with van der Waals surface area (Å²) in [6.07, 6.45) is 12.2. The summed E-state index contributed by atoms with van der Waals surface area (Å²) in [5, 5.41) is 10.5. The van der Waals surface area contributed by atoms with Gasteiger partial charge in [0.05, 0.1) is 5.41 Å². The monoisotopic (exact) mass is 585 g/mol. The number of amides is 3. The number of piperidine rings is 1. The summed E-state index contributed by atoms with van der Waals surface area (Å²) in [4.78, 5) is 45.3. The van der Waals surface area contributed by atoms with E-state index in [0.717, 1.165) is 44.3 Å². The number of carbonyl (C=O) groups is 3. The molecule has 2 aliphatic heterocycles. The first kappa shape index (κ1) is 30.3. The number of likely N-dealkylation sites (tertiary alicyclic amines) is 1. The second kappa shape index (κ2) is 13.9. The number of rotatable bonds is 8. The number of nitrogens with one attached hydrogen (secondary N) is 3. The molecule has 2 saturated carbocycles. The van der Waals surface area contributed by atoms with Crippen LogP contribution in [-0.4, -0.2) is 85.4 Å². The van der Waals surface area contributed by atoms with Crippen LogP contribution in [0.5, 0.6) is 0 Å².